The fraction of sp³-hybridized carbons (Fsp3) is 0.615. The van der Waals surface area contributed by atoms with Crippen molar-refractivity contribution in [2.45, 2.75) is 44.5 Å². The van der Waals surface area contributed by atoms with Crippen molar-refractivity contribution in [3.8, 4) is 0 Å². The summed E-state index contributed by atoms with van der Waals surface area (Å²) in [5, 5.41) is 3.01. The molecule has 1 fully saturated rings. The van der Waals surface area contributed by atoms with Gasteiger partial charge in [-0.15, -0.1) is 34.5 Å². The van der Waals surface area contributed by atoms with Crippen LogP contribution >= 0.6 is 34.5 Å². The topological polar surface area (TPSA) is 29.1 Å². The molecule has 18 heavy (non-hydrogen) atoms. The van der Waals surface area contributed by atoms with Gasteiger partial charge in [-0.3, -0.25) is 4.79 Å². The first-order valence-corrected chi connectivity index (χ1v) is 7.50. The average Bonchev–Trinajstić information content (AvgIpc) is 2.59. The Morgan fingerprint density at radius 3 is 2.44 bits per heavy atom. The van der Waals surface area contributed by atoms with E-state index in [9.17, 15) is 4.79 Å². The van der Waals surface area contributed by atoms with Gasteiger partial charge in [0.1, 0.15) is 4.33 Å². The molecule has 2 rings (SSSR count). The number of amides is 1. The van der Waals surface area contributed by atoms with Gasteiger partial charge in [0.05, 0.1) is 11.5 Å². The van der Waals surface area contributed by atoms with Gasteiger partial charge in [0.25, 0.3) is 0 Å². The van der Waals surface area contributed by atoms with Gasteiger partial charge in [0.15, 0.2) is 0 Å². The fourth-order valence-electron chi connectivity index (χ4n) is 2.16. The van der Waals surface area contributed by atoms with Crippen LogP contribution in [0.4, 0.5) is 0 Å². The maximum Gasteiger partial charge on any atom is 0.229 e. The molecule has 0 aromatic carbocycles. The Hall–Kier alpha value is -0.250. The van der Waals surface area contributed by atoms with Crippen molar-refractivity contribution in [3.05, 3.63) is 21.4 Å². The van der Waals surface area contributed by atoms with Gasteiger partial charge in [0.2, 0.25) is 5.91 Å². The van der Waals surface area contributed by atoms with Crippen molar-refractivity contribution in [2.24, 2.45) is 5.41 Å². The van der Waals surface area contributed by atoms with Gasteiger partial charge >= 0.3 is 0 Å². The van der Waals surface area contributed by atoms with Gasteiger partial charge in [-0.25, -0.2) is 0 Å². The highest BCUT2D eigenvalue weighted by Crippen LogP contribution is 2.63. The van der Waals surface area contributed by atoms with Gasteiger partial charge in [-0.05, 0) is 45.7 Å². The first-order valence-electron chi connectivity index (χ1n) is 5.93. The van der Waals surface area contributed by atoms with E-state index in [4.69, 9.17) is 23.2 Å². The Kier molecular flexibility index (Phi) is 3.46. The summed E-state index contributed by atoms with van der Waals surface area (Å²) in [6.45, 7) is 7.94. The van der Waals surface area contributed by atoms with E-state index in [1.165, 1.54) is 15.3 Å². The Morgan fingerprint density at radius 1 is 1.50 bits per heavy atom. The molecule has 0 radical (unpaired) electrons. The molecule has 0 spiro atoms. The third kappa shape index (κ3) is 2.28. The number of halogens is 2. The second-order valence-corrected chi connectivity index (χ2v) is 8.22. The summed E-state index contributed by atoms with van der Waals surface area (Å²) < 4.78 is -0.906. The number of hydrogen-bond acceptors (Lipinski definition) is 2. The molecule has 5 heteroatoms. The van der Waals surface area contributed by atoms with Crippen LogP contribution in [0.1, 0.15) is 41.6 Å². The molecule has 0 saturated heterocycles. The Balaban J connectivity index is 2.07. The van der Waals surface area contributed by atoms with Crippen LogP contribution in [-0.4, -0.2) is 10.2 Å². The van der Waals surface area contributed by atoms with Crippen LogP contribution in [0.15, 0.2) is 6.07 Å². The predicted molar refractivity (Wildman–Crippen MR) is 77.5 cm³/mol. The summed E-state index contributed by atoms with van der Waals surface area (Å²) in [4.78, 5) is 14.7. The first-order chi connectivity index (χ1) is 8.17. The lowest BCUT2D eigenvalue weighted by atomic mass is 10.1. The minimum Gasteiger partial charge on any atom is -0.349 e. The predicted octanol–water partition coefficient (Wildman–Crippen LogP) is 4.13. The molecule has 2 atom stereocenters. The van der Waals surface area contributed by atoms with Crippen molar-refractivity contribution < 1.29 is 4.79 Å². The zero-order valence-corrected chi connectivity index (χ0v) is 13.3. The highest BCUT2D eigenvalue weighted by molar-refractivity contribution is 7.12. The highest BCUT2D eigenvalue weighted by Gasteiger charge is 2.67. The van der Waals surface area contributed by atoms with Gasteiger partial charge < -0.3 is 5.32 Å². The maximum absolute atomic E-state index is 12.2. The number of rotatable bonds is 3. The normalized spacial score (nSPS) is 26.8. The van der Waals surface area contributed by atoms with Crippen molar-refractivity contribution in [1.29, 1.82) is 0 Å². The Morgan fingerprint density at radius 2 is 2.06 bits per heavy atom. The second kappa shape index (κ2) is 4.39. The molecule has 1 aromatic rings. The summed E-state index contributed by atoms with van der Waals surface area (Å²) in [5.41, 5.74) is 0.522. The lowest BCUT2D eigenvalue weighted by Gasteiger charge is -2.18. The molecule has 100 valence electrons. The summed E-state index contributed by atoms with van der Waals surface area (Å²) in [6.07, 6.45) is 0.517. The average molecular weight is 306 g/mol. The lowest BCUT2D eigenvalue weighted by molar-refractivity contribution is -0.126. The molecule has 0 aliphatic heterocycles. The van der Waals surface area contributed by atoms with E-state index in [-0.39, 0.29) is 11.9 Å². The number of carbonyl (C=O) groups excluding carboxylic acids is 1. The zero-order chi connectivity index (χ0) is 13.7. The molecule has 1 saturated carbocycles. The van der Waals surface area contributed by atoms with Crippen LogP contribution in [0, 0.1) is 19.3 Å². The van der Waals surface area contributed by atoms with Gasteiger partial charge in [0, 0.05) is 9.75 Å². The van der Waals surface area contributed by atoms with Gasteiger partial charge in [-0.2, -0.15) is 0 Å². The molecule has 0 bridgehead atoms. The molecular weight excluding hydrogens is 289 g/mol. The Bertz CT molecular complexity index is 497. The molecule has 1 amide bonds. The summed E-state index contributed by atoms with van der Waals surface area (Å²) >= 11 is 13.8. The zero-order valence-electron chi connectivity index (χ0n) is 10.9. The molecule has 1 N–H and O–H groups in total. The third-order valence-electron chi connectivity index (χ3n) is 3.65. The van der Waals surface area contributed by atoms with Crippen LogP contribution in [0.25, 0.3) is 0 Å². The molecule has 1 aromatic heterocycles. The lowest BCUT2D eigenvalue weighted by Crippen LogP contribution is -2.35. The van der Waals surface area contributed by atoms with Crippen LogP contribution < -0.4 is 5.32 Å². The van der Waals surface area contributed by atoms with E-state index in [0.717, 1.165) is 0 Å². The number of hydrogen-bond donors (Lipinski definition) is 1. The number of thiophene rings is 1. The van der Waals surface area contributed by atoms with Crippen LogP contribution in [0.2, 0.25) is 0 Å². The monoisotopic (exact) mass is 305 g/mol. The molecule has 1 aliphatic rings. The molecule has 0 unspecified atom stereocenters. The number of nitrogens with one attached hydrogen (secondary N) is 1. The Labute approximate surface area is 122 Å². The number of carbonyl (C=O) groups is 1. The minimum absolute atomic E-state index is 0.0102. The molecule has 1 heterocycles. The second-order valence-electron chi connectivity index (χ2n) is 5.28. The van der Waals surface area contributed by atoms with E-state index >= 15 is 0 Å². The maximum atomic E-state index is 12.2. The van der Waals surface area contributed by atoms with E-state index in [1.807, 2.05) is 6.92 Å². The van der Waals surface area contributed by atoms with Crippen molar-refractivity contribution >= 4 is 40.4 Å². The molecule has 1 aliphatic carbocycles. The fourth-order valence-corrected chi connectivity index (χ4v) is 3.89. The van der Waals surface area contributed by atoms with Crippen molar-refractivity contribution in [3.63, 3.8) is 0 Å². The van der Waals surface area contributed by atoms with Crippen molar-refractivity contribution in [1.82, 2.24) is 5.32 Å². The smallest absolute Gasteiger partial charge is 0.229 e. The summed E-state index contributed by atoms with van der Waals surface area (Å²) in [7, 11) is 0. The van der Waals surface area contributed by atoms with E-state index in [0.29, 0.717) is 6.42 Å². The number of alkyl halides is 2. The first kappa shape index (κ1) is 14.2. The minimum atomic E-state index is -0.906. The van der Waals surface area contributed by atoms with E-state index in [2.05, 4.69) is 25.2 Å². The third-order valence-corrected chi connectivity index (χ3v) is 5.74. The van der Waals surface area contributed by atoms with E-state index < -0.39 is 9.75 Å². The largest absolute Gasteiger partial charge is 0.349 e. The molecular formula is C13H17Cl2NOS. The standard InChI is InChI=1S/C13H17Cl2NOS/c1-7-5-10(9(3)18-7)8(2)16-11(17)12(4)6-13(12,14)15/h5,8H,6H2,1-4H3,(H,16,17)/t8-,12+/m0/s1. The van der Waals surface area contributed by atoms with Crippen molar-refractivity contribution in [2.75, 3.05) is 0 Å². The summed E-state index contributed by atoms with van der Waals surface area (Å²) in [5.74, 6) is -0.0664. The van der Waals surface area contributed by atoms with E-state index in [1.54, 1.807) is 18.3 Å². The number of aryl methyl sites for hydroxylation is 2. The highest BCUT2D eigenvalue weighted by atomic mass is 35.5. The van der Waals surface area contributed by atoms with Gasteiger partial charge in [-0.1, -0.05) is 0 Å². The van der Waals surface area contributed by atoms with Crippen LogP contribution in [0.3, 0.4) is 0 Å². The van der Waals surface area contributed by atoms with Crippen LogP contribution in [-0.2, 0) is 4.79 Å². The molecule has 2 nitrogen and oxygen atoms in total. The summed E-state index contributed by atoms with van der Waals surface area (Å²) in [6, 6.07) is 2.11. The quantitative estimate of drug-likeness (QED) is 0.836. The SMILES string of the molecule is Cc1cc([C@H](C)NC(=O)[C@@]2(C)CC2(Cl)Cl)c(C)s1. The van der Waals surface area contributed by atoms with Crippen LogP contribution in [0.5, 0.6) is 0 Å².